The summed E-state index contributed by atoms with van der Waals surface area (Å²) >= 11 is 0. The molecule has 0 unspecified atom stereocenters. The van der Waals surface area contributed by atoms with Crippen molar-refractivity contribution in [2.45, 2.75) is 32.1 Å². The molecule has 0 saturated carbocycles. The van der Waals surface area contributed by atoms with Gasteiger partial charge in [-0.2, -0.15) is 0 Å². The zero-order valence-corrected chi connectivity index (χ0v) is 15.7. The molecule has 2 nitrogen and oxygen atoms in total. The van der Waals surface area contributed by atoms with E-state index in [0.717, 1.165) is 29.8 Å². The number of methoxy groups -OCH3 is 1. The van der Waals surface area contributed by atoms with Crippen LogP contribution in [-0.4, -0.2) is 12.1 Å². The summed E-state index contributed by atoms with van der Waals surface area (Å²) in [7, 11) is 1.71. The van der Waals surface area contributed by atoms with Gasteiger partial charge in [0.2, 0.25) is 0 Å². The third-order valence-corrected chi connectivity index (χ3v) is 5.81. The number of rotatable bonds is 2. The van der Waals surface area contributed by atoms with Crippen molar-refractivity contribution in [1.82, 2.24) is 4.98 Å². The average Bonchev–Trinajstić information content (AvgIpc) is 2.99. The highest BCUT2D eigenvalue weighted by Gasteiger charge is 2.19. The molecule has 4 aromatic rings. The molecular weight excluding hydrogens is 330 g/mol. The van der Waals surface area contributed by atoms with Gasteiger partial charge >= 0.3 is 0 Å². The van der Waals surface area contributed by atoms with E-state index in [9.17, 15) is 0 Å². The minimum atomic E-state index is 0.886. The summed E-state index contributed by atoms with van der Waals surface area (Å²) in [5.74, 6) is 0.886. The van der Waals surface area contributed by atoms with Crippen molar-refractivity contribution in [2.75, 3.05) is 7.11 Å². The third-order valence-electron chi connectivity index (χ3n) is 5.81. The van der Waals surface area contributed by atoms with Crippen LogP contribution in [0.15, 0.2) is 60.7 Å². The molecule has 1 aliphatic rings. The molecule has 0 saturated heterocycles. The molecule has 0 fully saturated rings. The van der Waals surface area contributed by atoms with Crippen LogP contribution in [0.3, 0.4) is 0 Å². The van der Waals surface area contributed by atoms with Gasteiger partial charge in [0.1, 0.15) is 5.75 Å². The number of pyridine rings is 1. The quantitative estimate of drug-likeness (QED) is 0.310. The Hall–Kier alpha value is -2.87. The zero-order valence-electron chi connectivity index (χ0n) is 15.7. The Bertz CT molecular complexity index is 1130. The molecule has 0 bridgehead atoms. The first-order chi connectivity index (χ1) is 13.3. The van der Waals surface area contributed by atoms with Crippen molar-refractivity contribution in [1.29, 1.82) is 0 Å². The molecule has 0 N–H and O–H groups in total. The minimum Gasteiger partial charge on any atom is -0.497 e. The maximum atomic E-state index is 5.34. The summed E-state index contributed by atoms with van der Waals surface area (Å²) < 4.78 is 5.34. The number of hydrogen-bond acceptors (Lipinski definition) is 2. The van der Waals surface area contributed by atoms with E-state index in [0.29, 0.717) is 0 Å². The van der Waals surface area contributed by atoms with Crippen LogP contribution in [0.1, 0.15) is 30.4 Å². The van der Waals surface area contributed by atoms with Gasteiger partial charge in [0.15, 0.2) is 0 Å². The third kappa shape index (κ3) is 2.76. The van der Waals surface area contributed by atoms with Gasteiger partial charge in [-0.15, -0.1) is 0 Å². The number of benzene rings is 3. The molecule has 1 aromatic heterocycles. The maximum Gasteiger partial charge on any atom is 0.118 e. The first-order valence-electron chi connectivity index (χ1n) is 9.83. The van der Waals surface area contributed by atoms with E-state index in [1.54, 1.807) is 7.11 Å². The van der Waals surface area contributed by atoms with E-state index in [-0.39, 0.29) is 0 Å². The van der Waals surface area contributed by atoms with E-state index in [4.69, 9.17) is 9.72 Å². The predicted octanol–water partition coefficient (Wildman–Crippen LogP) is 6.33. The lowest BCUT2D eigenvalue weighted by Crippen LogP contribution is -2.01. The molecule has 0 aliphatic heterocycles. The normalized spacial score (nSPS) is 14.1. The summed E-state index contributed by atoms with van der Waals surface area (Å²) in [5, 5.41) is 4.00. The van der Waals surface area contributed by atoms with Gasteiger partial charge in [-0.05, 0) is 77.9 Å². The Morgan fingerprint density at radius 3 is 2.37 bits per heavy atom. The average molecular weight is 353 g/mol. The smallest absolute Gasteiger partial charge is 0.118 e. The highest BCUT2D eigenvalue weighted by molar-refractivity contribution is 6.09. The lowest BCUT2D eigenvalue weighted by atomic mass is 9.91. The second kappa shape index (κ2) is 6.70. The van der Waals surface area contributed by atoms with Crippen molar-refractivity contribution in [3.8, 4) is 17.0 Å². The number of nitrogens with zero attached hydrogens (tertiary/aromatic N) is 1. The SMILES string of the molecule is COc1ccc(-c2nc3ccc4ccccc4c3c3c2CCCCC3)cc1. The summed E-state index contributed by atoms with van der Waals surface area (Å²) in [6, 6.07) is 21.4. The van der Waals surface area contributed by atoms with E-state index in [2.05, 4.69) is 48.5 Å². The number of ether oxygens (including phenoxy) is 1. The molecule has 5 rings (SSSR count). The topological polar surface area (TPSA) is 22.1 Å². The Balaban J connectivity index is 1.84. The highest BCUT2D eigenvalue weighted by atomic mass is 16.5. The first kappa shape index (κ1) is 16.3. The van der Waals surface area contributed by atoms with Gasteiger partial charge in [0, 0.05) is 10.9 Å². The van der Waals surface area contributed by atoms with Crippen LogP contribution in [0.5, 0.6) is 5.75 Å². The minimum absolute atomic E-state index is 0.886. The zero-order chi connectivity index (χ0) is 18.2. The second-order valence-electron chi connectivity index (χ2n) is 7.39. The van der Waals surface area contributed by atoms with Gasteiger partial charge in [-0.1, -0.05) is 36.8 Å². The van der Waals surface area contributed by atoms with Gasteiger partial charge in [0.05, 0.1) is 18.3 Å². The van der Waals surface area contributed by atoms with Crippen LogP contribution in [0.2, 0.25) is 0 Å². The number of aryl methyl sites for hydroxylation is 1. The van der Waals surface area contributed by atoms with Crippen molar-refractivity contribution < 1.29 is 4.74 Å². The number of hydrogen-bond donors (Lipinski definition) is 0. The Morgan fingerprint density at radius 1 is 0.778 bits per heavy atom. The van der Waals surface area contributed by atoms with Crippen molar-refractivity contribution in [3.63, 3.8) is 0 Å². The van der Waals surface area contributed by atoms with E-state index in [1.807, 2.05) is 12.1 Å². The maximum absolute atomic E-state index is 5.34. The van der Waals surface area contributed by atoms with E-state index >= 15 is 0 Å². The molecule has 0 radical (unpaired) electrons. The predicted molar refractivity (Wildman–Crippen MR) is 112 cm³/mol. The van der Waals surface area contributed by atoms with Gasteiger partial charge in [-0.25, -0.2) is 4.98 Å². The fourth-order valence-electron chi connectivity index (χ4n) is 4.47. The second-order valence-corrected chi connectivity index (χ2v) is 7.39. The van der Waals surface area contributed by atoms with Gasteiger partial charge in [0.25, 0.3) is 0 Å². The molecule has 1 aliphatic carbocycles. The summed E-state index contributed by atoms with van der Waals surface area (Å²) in [6.45, 7) is 0. The Labute approximate surface area is 159 Å². The van der Waals surface area contributed by atoms with Crippen molar-refractivity contribution in [3.05, 3.63) is 71.8 Å². The monoisotopic (exact) mass is 353 g/mol. The van der Waals surface area contributed by atoms with Crippen molar-refractivity contribution in [2.24, 2.45) is 0 Å². The molecule has 3 aromatic carbocycles. The lowest BCUT2D eigenvalue weighted by molar-refractivity contribution is 0.415. The summed E-state index contributed by atoms with van der Waals surface area (Å²) in [6.07, 6.45) is 6.06. The fraction of sp³-hybridized carbons (Fsp3) is 0.240. The lowest BCUT2D eigenvalue weighted by Gasteiger charge is -2.17. The molecule has 27 heavy (non-hydrogen) atoms. The van der Waals surface area contributed by atoms with Crippen LogP contribution in [0.25, 0.3) is 32.9 Å². The van der Waals surface area contributed by atoms with Gasteiger partial charge < -0.3 is 4.74 Å². The van der Waals surface area contributed by atoms with Gasteiger partial charge in [-0.3, -0.25) is 0 Å². The largest absolute Gasteiger partial charge is 0.497 e. The summed E-state index contributed by atoms with van der Waals surface area (Å²) in [4.78, 5) is 5.17. The Kier molecular flexibility index (Phi) is 4.05. The van der Waals surface area contributed by atoms with Crippen LogP contribution in [-0.2, 0) is 12.8 Å². The first-order valence-corrected chi connectivity index (χ1v) is 9.83. The Morgan fingerprint density at radius 2 is 1.56 bits per heavy atom. The molecule has 0 spiro atoms. The molecule has 0 atom stereocenters. The molecule has 2 heteroatoms. The fourth-order valence-corrected chi connectivity index (χ4v) is 4.47. The summed E-state index contributed by atoms with van der Waals surface area (Å²) in [5.41, 5.74) is 6.41. The molecule has 134 valence electrons. The number of fused-ring (bicyclic) bond motifs is 5. The molecule has 1 heterocycles. The molecular formula is C25H23NO. The standard InChI is InChI=1S/C25H23NO/c1-27-19-14-11-18(12-15-19)25-22-10-4-2-3-9-21(22)24-20-8-6-5-7-17(20)13-16-23(24)26-25/h5-8,11-16H,2-4,9-10H2,1H3. The van der Waals surface area contributed by atoms with Crippen LogP contribution >= 0.6 is 0 Å². The van der Waals surface area contributed by atoms with E-state index < -0.39 is 0 Å². The van der Waals surface area contributed by atoms with Crippen molar-refractivity contribution >= 4 is 21.7 Å². The number of aromatic nitrogens is 1. The van der Waals surface area contributed by atoms with Crippen LogP contribution in [0.4, 0.5) is 0 Å². The van der Waals surface area contributed by atoms with E-state index in [1.165, 1.54) is 52.1 Å². The van der Waals surface area contributed by atoms with Crippen LogP contribution in [0, 0.1) is 0 Å². The molecule has 0 amide bonds. The van der Waals surface area contributed by atoms with Crippen LogP contribution < -0.4 is 4.74 Å². The highest BCUT2D eigenvalue weighted by Crippen LogP contribution is 2.37.